The highest BCUT2D eigenvalue weighted by atomic mass is 32.1. The summed E-state index contributed by atoms with van der Waals surface area (Å²) in [6.45, 7) is 2.59. The number of anilines is 2. The molecule has 2 N–H and O–H groups in total. The second kappa shape index (κ2) is 8.28. The molecule has 0 radical (unpaired) electrons. The third-order valence-corrected chi connectivity index (χ3v) is 5.30. The molecular weight excluding hydrogens is 386 g/mol. The molecule has 146 valence electrons. The van der Waals surface area contributed by atoms with E-state index in [0.717, 1.165) is 38.3 Å². The summed E-state index contributed by atoms with van der Waals surface area (Å²) in [5.41, 5.74) is 3.71. The minimum atomic E-state index is -0.846. The molecule has 4 rings (SSSR count). The number of aliphatic carboxylic acids is 1. The Balaban J connectivity index is 1.66. The van der Waals surface area contributed by atoms with Gasteiger partial charge >= 0.3 is 5.97 Å². The fourth-order valence-electron chi connectivity index (χ4n) is 3.10. The van der Waals surface area contributed by atoms with Crippen LogP contribution < -0.4 is 10.1 Å². The van der Waals surface area contributed by atoms with E-state index in [1.165, 1.54) is 0 Å². The van der Waals surface area contributed by atoms with Crippen LogP contribution in [0, 0.1) is 0 Å². The Morgan fingerprint density at radius 1 is 1.10 bits per heavy atom. The highest BCUT2D eigenvalue weighted by Crippen LogP contribution is 2.37. The molecule has 0 atom stereocenters. The molecule has 2 aromatic carbocycles. The maximum atomic E-state index is 10.9. The first-order valence-corrected chi connectivity index (χ1v) is 10.0. The number of ether oxygens (including phenoxy) is 1. The molecule has 4 aromatic rings. The molecule has 0 fully saturated rings. The lowest BCUT2D eigenvalue weighted by atomic mass is 10.1. The summed E-state index contributed by atoms with van der Waals surface area (Å²) in [6.07, 6.45) is 1.55. The number of carbonyl (C=O) groups is 1. The van der Waals surface area contributed by atoms with E-state index in [0.29, 0.717) is 12.4 Å². The number of thiophene rings is 1. The Bertz CT molecular complexity index is 1140. The number of benzene rings is 2. The molecule has 2 heterocycles. The van der Waals surface area contributed by atoms with Crippen LogP contribution in [0.15, 0.2) is 60.2 Å². The molecule has 2 aromatic heterocycles. The molecule has 0 amide bonds. The van der Waals surface area contributed by atoms with Gasteiger partial charge in [-0.05, 0) is 42.3 Å². The summed E-state index contributed by atoms with van der Waals surface area (Å²) < 4.78 is 5.53. The van der Waals surface area contributed by atoms with Gasteiger partial charge in [-0.15, -0.1) is 11.3 Å². The Kier molecular flexibility index (Phi) is 5.39. The smallest absolute Gasteiger partial charge is 0.307 e. The van der Waals surface area contributed by atoms with Crippen molar-refractivity contribution >= 4 is 39.0 Å². The first-order valence-electron chi connectivity index (χ1n) is 9.17. The zero-order chi connectivity index (χ0) is 20.2. The lowest BCUT2D eigenvalue weighted by Gasteiger charge is -2.09. The largest absolute Gasteiger partial charge is 0.494 e. The third kappa shape index (κ3) is 4.20. The number of rotatable bonds is 7. The van der Waals surface area contributed by atoms with Gasteiger partial charge in [-0.2, -0.15) is 0 Å². The van der Waals surface area contributed by atoms with Crippen LogP contribution in [0.1, 0.15) is 12.5 Å². The van der Waals surface area contributed by atoms with Gasteiger partial charge in [0.1, 0.15) is 22.7 Å². The maximum Gasteiger partial charge on any atom is 0.307 e. The van der Waals surface area contributed by atoms with Gasteiger partial charge in [-0.3, -0.25) is 4.79 Å². The normalized spacial score (nSPS) is 10.8. The number of fused-ring (bicyclic) bond motifs is 1. The predicted octanol–water partition coefficient (Wildman–Crippen LogP) is 5.13. The van der Waals surface area contributed by atoms with Crippen molar-refractivity contribution in [3.05, 3.63) is 65.8 Å². The van der Waals surface area contributed by atoms with Crippen molar-refractivity contribution in [2.24, 2.45) is 0 Å². The van der Waals surface area contributed by atoms with Crippen molar-refractivity contribution in [2.45, 2.75) is 13.3 Å². The van der Waals surface area contributed by atoms with E-state index in [2.05, 4.69) is 20.7 Å². The number of nitrogens with zero attached hydrogens (tertiary/aromatic N) is 2. The Morgan fingerprint density at radius 2 is 1.86 bits per heavy atom. The molecule has 0 aliphatic carbocycles. The van der Waals surface area contributed by atoms with Gasteiger partial charge in [0.2, 0.25) is 0 Å². The summed E-state index contributed by atoms with van der Waals surface area (Å²) in [6, 6.07) is 15.3. The van der Waals surface area contributed by atoms with E-state index >= 15 is 0 Å². The molecular formula is C22H19N3O3S. The van der Waals surface area contributed by atoms with Crippen molar-refractivity contribution < 1.29 is 14.6 Å². The second-order valence-corrected chi connectivity index (χ2v) is 7.26. The monoisotopic (exact) mass is 405 g/mol. The number of hydrogen-bond donors (Lipinski definition) is 2. The fraction of sp³-hybridized carbons (Fsp3) is 0.136. The van der Waals surface area contributed by atoms with Crippen LogP contribution in [0.2, 0.25) is 0 Å². The molecule has 0 saturated carbocycles. The van der Waals surface area contributed by atoms with Gasteiger partial charge in [-0.25, -0.2) is 9.97 Å². The first kappa shape index (κ1) is 18.9. The van der Waals surface area contributed by atoms with Crippen LogP contribution in [0.4, 0.5) is 11.5 Å². The molecule has 6 nitrogen and oxygen atoms in total. The Morgan fingerprint density at radius 3 is 2.55 bits per heavy atom. The standard InChI is InChI=1S/C22H19N3O3S/c1-2-28-17-9-5-15(6-10-17)18-12-29-22-20(18)21(23-13-24-22)25-16-7-3-14(4-8-16)11-19(26)27/h3-10,12-13H,2,11H2,1H3,(H,26,27)(H,23,24,25). The lowest BCUT2D eigenvalue weighted by Crippen LogP contribution is -2.00. The van der Waals surface area contributed by atoms with Gasteiger partial charge in [0.15, 0.2) is 0 Å². The van der Waals surface area contributed by atoms with Crippen LogP contribution in [0.3, 0.4) is 0 Å². The molecule has 0 unspecified atom stereocenters. The molecule has 0 bridgehead atoms. The average molecular weight is 405 g/mol. The van der Waals surface area contributed by atoms with Crippen molar-refractivity contribution in [3.8, 4) is 16.9 Å². The summed E-state index contributed by atoms with van der Waals surface area (Å²) >= 11 is 1.57. The predicted molar refractivity (Wildman–Crippen MR) is 115 cm³/mol. The zero-order valence-corrected chi connectivity index (χ0v) is 16.6. The van der Waals surface area contributed by atoms with Gasteiger partial charge in [0, 0.05) is 16.6 Å². The topological polar surface area (TPSA) is 84.3 Å². The molecule has 0 aliphatic rings. The number of aromatic nitrogens is 2. The van der Waals surface area contributed by atoms with E-state index in [1.807, 2.05) is 43.3 Å². The first-order chi connectivity index (χ1) is 14.1. The van der Waals surface area contributed by atoms with Crippen LogP contribution >= 0.6 is 11.3 Å². The van der Waals surface area contributed by atoms with Crippen molar-refractivity contribution in [1.29, 1.82) is 0 Å². The number of carboxylic acid groups (broad SMARTS) is 1. The van der Waals surface area contributed by atoms with Gasteiger partial charge in [0.05, 0.1) is 18.4 Å². The highest BCUT2D eigenvalue weighted by molar-refractivity contribution is 7.17. The van der Waals surface area contributed by atoms with Gasteiger partial charge in [0.25, 0.3) is 0 Å². The van der Waals surface area contributed by atoms with E-state index in [-0.39, 0.29) is 6.42 Å². The minimum absolute atomic E-state index is 0.00442. The van der Waals surface area contributed by atoms with Gasteiger partial charge < -0.3 is 15.2 Å². The summed E-state index contributed by atoms with van der Waals surface area (Å²) in [5.74, 6) is 0.708. The molecule has 0 saturated heterocycles. The summed E-state index contributed by atoms with van der Waals surface area (Å²) in [7, 11) is 0. The minimum Gasteiger partial charge on any atom is -0.494 e. The SMILES string of the molecule is CCOc1ccc(-c2csc3ncnc(Nc4ccc(CC(=O)O)cc4)c23)cc1. The zero-order valence-electron chi connectivity index (χ0n) is 15.8. The van der Waals surface area contributed by atoms with Crippen molar-refractivity contribution in [3.63, 3.8) is 0 Å². The van der Waals surface area contributed by atoms with E-state index in [4.69, 9.17) is 9.84 Å². The van der Waals surface area contributed by atoms with Crippen molar-refractivity contribution in [1.82, 2.24) is 9.97 Å². The maximum absolute atomic E-state index is 10.9. The molecule has 7 heteroatoms. The number of carboxylic acids is 1. The van der Waals surface area contributed by atoms with Crippen LogP contribution in [-0.4, -0.2) is 27.7 Å². The number of nitrogens with one attached hydrogen (secondary N) is 1. The highest BCUT2D eigenvalue weighted by Gasteiger charge is 2.13. The second-order valence-electron chi connectivity index (χ2n) is 6.40. The summed E-state index contributed by atoms with van der Waals surface area (Å²) in [5, 5.41) is 15.3. The van der Waals surface area contributed by atoms with Crippen LogP contribution in [0.25, 0.3) is 21.3 Å². The Hall–Kier alpha value is -3.45. The third-order valence-electron chi connectivity index (χ3n) is 4.42. The average Bonchev–Trinajstić information content (AvgIpc) is 3.15. The van der Waals surface area contributed by atoms with Crippen LogP contribution in [0.5, 0.6) is 5.75 Å². The van der Waals surface area contributed by atoms with Crippen molar-refractivity contribution in [2.75, 3.05) is 11.9 Å². The lowest BCUT2D eigenvalue weighted by molar-refractivity contribution is -0.136. The van der Waals surface area contributed by atoms with E-state index < -0.39 is 5.97 Å². The molecule has 29 heavy (non-hydrogen) atoms. The van der Waals surface area contributed by atoms with Gasteiger partial charge in [-0.1, -0.05) is 24.3 Å². The molecule has 0 spiro atoms. The van der Waals surface area contributed by atoms with E-state index in [9.17, 15) is 4.79 Å². The summed E-state index contributed by atoms with van der Waals surface area (Å²) in [4.78, 5) is 20.6. The molecule has 0 aliphatic heterocycles. The fourth-order valence-corrected chi connectivity index (χ4v) is 4.01. The quantitative estimate of drug-likeness (QED) is 0.444. The van der Waals surface area contributed by atoms with Crippen LogP contribution in [-0.2, 0) is 11.2 Å². The Labute approximate surface area is 171 Å². The number of hydrogen-bond acceptors (Lipinski definition) is 6. The van der Waals surface area contributed by atoms with E-state index in [1.54, 1.807) is 29.8 Å².